The van der Waals surface area contributed by atoms with Crippen LogP contribution in [0.25, 0.3) is 0 Å². The van der Waals surface area contributed by atoms with Crippen molar-refractivity contribution in [3.8, 4) is 0 Å². The van der Waals surface area contributed by atoms with Crippen LogP contribution >= 0.6 is 0 Å². The summed E-state index contributed by atoms with van der Waals surface area (Å²) in [6, 6.07) is 0. The number of carbonyl (C=O) groups is 1. The van der Waals surface area contributed by atoms with Crippen LogP contribution in [0.4, 0.5) is 0 Å². The predicted octanol–water partition coefficient (Wildman–Crippen LogP) is -1.76. The molecule has 7 heteroatoms. The smallest absolute Gasteiger partial charge is 0.451 e. The average molecular weight is 216 g/mol. The van der Waals surface area contributed by atoms with Gasteiger partial charge in [0.2, 0.25) is 0 Å². The third kappa shape index (κ3) is 2.91. The van der Waals surface area contributed by atoms with Crippen LogP contribution < -0.4 is 11.1 Å². The van der Waals surface area contributed by atoms with E-state index in [1.54, 1.807) is 0 Å². The highest BCUT2D eigenvalue weighted by atomic mass is 16.4. The highest BCUT2D eigenvalue weighted by molar-refractivity contribution is 6.40. The first-order valence-electron chi connectivity index (χ1n) is 5.06. The van der Waals surface area contributed by atoms with Gasteiger partial charge in [-0.1, -0.05) is 6.42 Å². The third-order valence-electron chi connectivity index (χ3n) is 2.95. The summed E-state index contributed by atoms with van der Waals surface area (Å²) >= 11 is 0. The topological polar surface area (TPSA) is 116 Å². The van der Waals surface area contributed by atoms with Gasteiger partial charge in [-0.15, -0.1) is 0 Å². The fourth-order valence-electron chi connectivity index (χ4n) is 1.94. The molecule has 0 aromatic heterocycles. The van der Waals surface area contributed by atoms with Crippen molar-refractivity contribution < 1.29 is 19.9 Å². The van der Waals surface area contributed by atoms with E-state index in [0.717, 1.165) is 0 Å². The summed E-state index contributed by atoms with van der Waals surface area (Å²) in [5, 5.41) is 29.3. The molecule has 0 aromatic rings. The minimum atomic E-state index is -1.32. The molecule has 1 heterocycles. The molecule has 1 aliphatic heterocycles. The zero-order chi connectivity index (χ0) is 11.5. The number of nitrogens with two attached hydrogens (primary N) is 1. The summed E-state index contributed by atoms with van der Waals surface area (Å²) in [4.78, 5) is 11.0. The molecule has 0 radical (unpaired) electrons. The second-order valence-corrected chi connectivity index (χ2v) is 4.08. The van der Waals surface area contributed by atoms with E-state index >= 15 is 0 Å². The minimum Gasteiger partial charge on any atom is -0.480 e. The number of rotatable bonds is 5. The SMILES string of the molecule is N[C@]1(C(=O)O)CNC[C@@H]1CCCB(O)O. The highest BCUT2D eigenvalue weighted by Crippen LogP contribution is 2.25. The monoisotopic (exact) mass is 216 g/mol. The first kappa shape index (κ1) is 12.4. The van der Waals surface area contributed by atoms with Crippen molar-refractivity contribution >= 4 is 13.1 Å². The van der Waals surface area contributed by atoms with Crippen LogP contribution in [-0.4, -0.2) is 46.9 Å². The molecule has 0 amide bonds. The molecule has 0 aromatic carbocycles. The lowest BCUT2D eigenvalue weighted by Crippen LogP contribution is -2.54. The Hall–Kier alpha value is -0.625. The molecule has 0 bridgehead atoms. The van der Waals surface area contributed by atoms with Crippen molar-refractivity contribution in [1.29, 1.82) is 0 Å². The van der Waals surface area contributed by atoms with Crippen LogP contribution in [0.15, 0.2) is 0 Å². The zero-order valence-corrected chi connectivity index (χ0v) is 8.52. The number of carboxylic acid groups (broad SMARTS) is 1. The molecule has 1 fully saturated rings. The maximum absolute atomic E-state index is 11.0. The van der Waals surface area contributed by atoms with Crippen molar-refractivity contribution in [2.45, 2.75) is 24.7 Å². The molecular weight excluding hydrogens is 199 g/mol. The summed E-state index contributed by atoms with van der Waals surface area (Å²) < 4.78 is 0. The molecule has 0 unspecified atom stereocenters. The molecule has 0 saturated carbocycles. The molecule has 15 heavy (non-hydrogen) atoms. The van der Waals surface area contributed by atoms with Crippen LogP contribution in [-0.2, 0) is 4.79 Å². The quantitative estimate of drug-likeness (QED) is 0.348. The lowest BCUT2D eigenvalue weighted by molar-refractivity contribution is -0.144. The first-order valence-corrected chi connectivity index (χ1v) is 5.06. The maximum atomic E-state index is 11.0. The third-order valence-corrected chi connectivity index (χ3v) is 2.95. The van der Waals surface area contributed by atoms with E-state index in [-0.39, 0.29) is 18.8 Å². The average Bonchev–Trinajstić information content (AvgIpc) is 2.49. The molecule has 1 saturated heterocycles. The van der Waals surface area contributed by atoms with Gasteiger partial charge in [-0.2, -0.15) is 0 Å². The Labute approximate surface area is 88.6 Å². The lowest BCUT2D eigenvalue weighted by atomic mass is 9.78. The maximum Gasteiger partial charge on any atom is 0.451 e. The van der Waals surface area contributed by atoms with Gasteiger partial charge < -0.3 is 26.2 Å². The number of hydrogen-bond donors (Lipinski definition) is 5. The summed E-state index contributed by atoms with van der Waals surface area (Å²) in [6.45, 7) is 0.846. The van der Waals surface area contributed by atoms with E-state index in [4.69, 9.17) is 20.9 Å². The van der Waals surface area contributed by atoms with E-state index in [1.807, 2.05) is 0 Å². The molecule has 86 valence electrons. The zero-order valence-electron chi connectivity index (χ0n) is 8.52. The number of carboxylic acids is 1. The van der Waals surface area contributed by atoms with Crippen LogP contribution in [0, 0.1) is 5.92 Å². The van der Waals surface area contributed by atoms with E-state index in [2.05, 4.69) is 5.32 Å². The Balaban J connectivity index is 2.43. The van der Waals surface area contributed by atoms with Crippen molar-refractivity contribution in [3.05, 3.63) is 0 Å². The van der Waals surface area contributed by atoms with Gasteiger partial charge in [0, 0.05) is 19.0 Å². The largest absolute Gasteiger partial charge is 0.480 e. The lowest BCUT2D eigenvalue weighted by Gasteiger charge is -2.25. The van der Waals surface area contributed by atoms with Gasteiger partial charge in [0.05, 0.1) is 0 Å². The van der Waals surface area contributed by atoms with Gasteiger partial charge in [-0.25, -0.2) is 0 Å². The molecule has 6 nitrogen and oxygen atoms in total. The Bertz CT molecular complexity index is 239. The number of hydrogen-bond acceptors (Lipinski definition) is 5. The summed E-state index contributed by atoms with van der Waals surface area (Å²) in [5.74, 6) is -1.14. The second kappa shape index (κ2) is 4.93. The Morgan fingerprint density at radius 1 is 1.60 bits per heavy atom. The van der Waals surface area contributed by atoms with Gasteiger partial charge >= 0.3 is 13.1 Å². The molecule has 1 rings (SSSR count). The van der Waals surface area contributed by atoms with Crippen molar-refractivity contribution in [1.82, 2.24) is 5.32 Å². The summed E-state index contributed by atoms with van der Waals surface area (Å²) in [6.07, 6.45) is 1.41. The second-order valence-electron chi connectivity index (χ2n) is 4.08. The Kier molecular flexibility index (Phi) is 4.09. The normalized spacial score (nSPS) is 30.5. The van der Waals surface area contributed by atoms with Crippen LogP contribution in [0.3, 0.4) is 0 Å². The number of nitrogens with one attached hydrogen (secondary N) is 1. The molecule has 1 aliphatic rings. The van der Waals surface area contributed by atoms with Crippen LogP contribution in [0.2, 0.25) is 6.32 Å². The van der Waals surface area contributed by atoms with Crippen LogP contribution in [0.5, 0.6) is 0 Å². The summed E-state index contributed by atoms with van der Waals surface area (Å²) in [5.41, 5.74) is 4.57. The standard InChI is InChI=1S/C8H17BN2O4/c10-8(7(12)13)5-11-4-6(8)2-1-3-9(14)15/h6,11,14-15H,1-5,10H2,(H,12,13)/t6-,8+/m0/s1. The fraction of sp³-hybridized carbons (Fsp3) is 0.875. The Morgan fingerprint density at radius 2 is 2.27 bits per heavy atom. The molecule has 0 spiro atoms. The highest BCUT2D eigenvalue weighted by Gasteiger charge is 2.45. The van der Waals surface area contributed by atoms with Gasteiger partial charge in [0.1, 0.15) is 5.54 Å². The number of aliphatic carboxylic acids is 1. The summed E-state index contributed by atoms with van der Waals surface area (Å²) in [7, 11) is -1.32. The van der Waals surface area contributed by atoms with Gasteiger partial charge in [-0.05, 0) is 12.7 Å². The van der Waals surface area contributed by atoms with Crippen molar-refractivity contribution in [2.75, 3.05) is 13.1 Å². The predicted molar refractivity (Wildman–Crippen MR) is 55.1 cm³/mol. The van der Waals surface area contributed by atoms with E-state index in [9.17, 15) is 4.79 Å². The van der Waals surface area contributed by atoms with E-state index in [0.29, 0.717) is 19.4 Å². The van der Waals surface area contributed by atoms with Crippen molar-refractivity contribution in [2.24, 2.45) is 11.7 Å². The van der Waals surface area contributed by atoms with Crippen molar-refractivity contribution in [3.63, 3.8) is 0 Å². The molecular formula is C8H17BN2O4. The van der Waals surface area contributed by atoms with Gasteiger partial charge in [0.25, 0.3) is 0 Å². The van der Waals surface area contributed by atoms with Crippen LogP contribution in [0.1, 0.15) is 12.8 Å². The van der Waals surface area contributed by atoms with E-state index in [1.165, 1.54) is 0 Å². The Morgan fingerprint density at radius 3 is 2.80 bits per heavy atom. The van der Waals surface area contributed by atoms with Gasteiger partial charge in [0.15, 0.2) is 0 Å². The fourth-order valence-corrected chi connectivity index (χ4v) is 1.94. The van der Waals surface area contributed by atoms with E-state index < -0.39 is 18.6 Å². The molecule has 6 N–H and O–H groups in total. The van der Waals surface area contributed by atoms with Gasteiger partial charge in [-0.3, -0.25) is 4.79 Å². The minimum absolute atomic E-state index is 0.145. The molecule has 2 atom stereocenters. The molecule has 0 aliphatic carbocycles. The first-order chi connectivity index (χ1) is 6.97.